The van der Waals surface area contributed by atoms with Gasteiger partial charge in [-0.1, -0.05) is 19.1 Å². The van der Waals surface area contributed by atoms with Crippen LogP contribution in [0.25, 0.3) is 0 Å². The van der Waals surface area contributed by atoms with E-state index in [-0.39, 0.29) is 12.4 Å². The zero-order chi connectivity index (χ0) is 24.3. The monoisotopic (exact) mass is 474 g/mol. The van der Waals surface area contributed by atoms with Crippen LogP contribution in [0.2, 0.25) is 0 Å². The molecule has 1 atom stereocenters. The Kier molecular flexibility index (Phi) is 5.84. The molecule has 13 heteroatoms. The molecule has 0 heterocycles. The Bertz CT molecular complexity index is 790. The van der Waals surface area contributed by atoms with E-state index in [2.05, 4.69) is 0 Å². The summed E-state index contributed by atoms with van der Waals surface area (Å²) in [6.07, 6.45) is -2.29. The van der Waals surface area contributed by atoms with Crippen molar-refractivity contribution in [2.45, 2.75) is 67.6 Å². The lowest BCUT2D eigenvalue weighted by molar-refractivity contribution is -0.488. The third-order valence-electron chi connectivity index (χ3n) is 5.09. The molecule has 31 heavy (non-hydrogen) atoms. The van der Waals surface area contributed by atoms with Crippen LogP contribution in [0.5, 0.6) is 5.75 Å². The van der Waals surface area contributed by atoms with Crippen molar-refractivity contribution in [2.75, 3.05) is 6.61 Å². The summed E-state index contributed by atoms with van der Waals surface area (Å²) in [6, 6.07) is 4.07. The molecule has 1 aliphatic rings. The van der Waals surface area contributed by atoms with Gasteiger partial charge in [-0.3, -0.25) is 0 Å². The maximum Gasteiger partial charge on any atom is 0.384 e. The summed E-state index contributed by atoms with van der Waals surface area (Å²) in [5.74, 6) is -35.8. The second-order valence-corrected chi connectivity index (χ2v) is 7.50. The largest absolute Gasteiger partial charge is 0.494 e. The van der Waals surface area contributed by atoms with Gasteiger partial charge < -0.3 is 9.84 Å². The lowest BCUT2D eigenvalue weighted by Gasteiger charge is -2.53. The SMILES string of the molecule is CCCOc1cccc(C(C)(O)CC2(F)C(F)(F)C(F)(F)C(F)(F)C(F)(F)C2(F)F)c1. The second-order valence-electron chi connectivity index (χ2n) is 7.50. The van der Waals surface area contributed by atoms with Crippen molar-refractivity contribution in [1.82, 2.24) is 0 Å². The van der Waals surface area contributed by atoms with E-state index in [1.54, 1.807) is 6.92 Å². The minimum atomic E-state index is -7.29. The summed E-state index contributed by atoms with van der Waals surface area (Å²) in [4.78, 5) is 0. The molecule has 0 saturated heterocycles. The van der Waals surface area contributed by atoms with Crippen LogP contribution in [0.1, 0.15) is 32.3 Å². The van der Waals surface area contributed by atoms with E-state index >= 15 is 0 Å². The number of benzene rings is 1. The summed E-state index contributed by atoms with van der Waals surface area (Å²) >= 11 is 0. The molecule has 1 fully saturated rings. The summed E-state index contributed by atoms with van der Waals surface area (Å²) in [7, 11) is 0. The summed E-state index contributed by atoms with van der Waals surface area (Å²) in [5.41, 5.74) is -10.1. The van der Waals surface area contributed by atoms with Crippen molar-refractivity contribution in [2.24, 2.45) is 0 Å². The van der Waals surface area contributed by atoms with E-state index in [4.69, 9.17) is 4.74 Å². The average molecular weight is 474 g/mol. The number of hydrogen-bond donors (Lipinski definition) is 1. The van der Waals surface area contributed by atoms with Gasteiger partial charge in [0.15, 0.2) is 0 Å². The molecule has 0 aromatic heterocycles. The quantitative estimate of drug-likeness (QED) is 0.515. The van der Waals surface area contributed by atoms with Crippen molar-refractivity contribution in [3.05, 3.63) is 29.8 Å². The smallest absolute Gasteiger partial charge is 0.384 e. The Morgan fingerprint density at radius 1 is 0.806 bits per heavy atom. The maximum absolute atomic E-state index is 15.0. The third-order valence-corrected chi connectivity index (χ3v) is 5.09. The molecule has 0 radical (unpaired) electrons. The molecule has 0 amide bonds. The number of ether oxygens (including phenoxy) is 1. The van der Waals surface area contributed by atoms with Crippen molar-refractivity contribution in [3.63, 3.8) is 0 Å². The molecule has 1 aliphatic carbocycles. The van der Waals surface area contributed by atoms with Gasteiger partial charge in [0.05, 0.1) is 12.2 Å². The molecular formula is C18H17F11O2. The fourth-order valence-electron chi connectivity index (χ4n) is 3.23. The number of aliphatic hydroxyl groups is 1. The van der Waals surface area contributed by atoms with Crippen molar-refractivity contribution >= 4 is 0 Å². The van der Waals surface area contributed by atoms with Crippen LogP contribution in [0.15, 0.2) is 24.3 Å². The van der Waals surface area contributed by atoms with Gasteiger partial charge in [-0.2, -0.15) is 43.9 Å². The fourth-order valence-corrected chi connectivity index (χ4v) is 3.23. The average Bonchev–Trinajstić information content (AvgIpc) is 2.64. The van der Waals surface area contributed by atoms with Gasteiger partial charge >= 0.3 is 29.6 Å². The Labute approximate surface area is 169 Å². The number of alkyl halides is 11. The Morgan fingerprint density at radius 3 is 1.71 bits per heavy atom. The highest BCUT2D eigenvalue weighted by Crippen LogP contribution is 2.71. The van der Waals surface area contributed by atoms with Gasteiger partial charge in [0.2, 0.25) is 0 Å². The zero-order valence-electron chi connectivity index (χ0n) is 15.9. The van der Waals surface area contributed by atoms with E-state index < -0.39 is 52.9 Å². The number of hydrogen-bond acceptors (Lipinski definition) is 2. The van der Waals surface area contributed by atoms with Gasteiger partial charge in [-0.05, 0) is 31.0 Å². The summed E-state index contributed by atoms with van der Waals surface area (Å²) in [5, 5.41) is 10.3. The zero-order valence-corrected chi connectivity index (χ0v) is 15.9. The molecule has 2 nitrogen and oxygen atoms in total. The van der Waals surface area contributed by atoms with Gasteiger partial charge in [0.25, 0.3) is 5.67 Å². The van der Waals surface area contributed by atoms with Crippen LogP contribution in [0, 0.1) is 0 Å². The molecule has 1 unspecified atom stereocenters. The fraction of sp³-hybridized carbons (Fsp3) is 0.667. The first-order chi connectivity index (χ1) is 13.7. The standard InChI is InChI=1S/C18H17F11O2/c1-3-7-31-11-6-4-5-10(8-11)12(2,30)9-13(19)14(20,21)16(24,25)18(28,29)17(26,27)15(13,22)23/h4-6,8,30H,3,7,9H2,1-2H3. The highest BCUT2D eigenvalue weighted by Gasteiger charge is 3.01. The molecule has 0 aliphatic heterocycles. The minimum absolute atomic E-state index is 0.0723. The third kappa shape index (κ3) is 3.17. The van der Waals surface area contributed by atoms with Crippen molar-refractivity contribution in [1.29, 1.82) is 0 Å². The van der Waals surface area contributed by atoms with E-state index in [1.165, 1.54) is 6.07 Å². The predicted octanol–water partition coefficient (Wildman–Crippen LogP) is 5.97. The van der Waals surface area contributed by atoms with Gasteiger partial charge in [0.1, 0.15) is 5.75 Å². The van der Waals surface area contributed by atoms with E-state index in [1.807, 2.05) is 0 Å². The first-order valence-electron chi connectivity index (χ1n) is 8.78. The van der Waals surface area contributed by atoms with Crippen LogP contribution in [-0.2, 0) is 5.60 Å². The molecule has 0 spiro atoms. The Morgan fingerprint density at radius 2 is 1.26 bits per heavy atom. The molecule has 1 N–H and O–H groups in total. The normalized spacial score (nSPS) is 26.6. The first kappa shape index (κ1) is 25.5. The summed E-state index contributed by atoms with van der Waals surface area (Å²) in [6.45, 7) is 2.20. The van der Waals surface area contributed by atoms with Crippen LogP contribution in [-0.4, -0.2) is 47.0 Å². The van der Waals surface area contributed by atoms with Gasteiger partial charge in [0, 0.05) is 6.42 Å². The molecule has 1 saturated carbocycles. The van der Waals surface area contributed by atoms with Crippen molar-refractivity contribution in [3.8, 4) is 5.75 Å². The minimum Gasteiger partial charge on any atom is -0.494 e. The Hall–Kier alpha value is -1.79. The van der Waals surface area contributed by atoms with E-state index in [0.29, 0.717) is 13.3 Å². The molecule has 2 rings (SSSR count). The lowest BCUT2D eigenvalue weighted by Crippen LogP contribution is -2.84. The molecule has 1 aromatic rings. The molecule has 178 valence electrons. The van der Waals surface area contributed by atoms with Gasteiger partial charge in [-0.15, -0.1) is 0 Å². The van der Waals surface area contributed by atoms with Crippen LogP contribution in [0.4, 0.5) is 48.3 Å². The van der Waals surface area contributed by atoms with Crippen LogP contribution in [0.3, 0.4) is 0 Å². The maximum atomic E-state index is 15.0. The summed E-state index contributed by atoms with van der Waals surface area (Å²) < 4.78 is 158. The molecular weight excluding hydrogens is 457 g/mol. The van der Waals surface area contributed by atoms with Gasteiger partial charge in [-0.25, -0.2) is 4.39 Å². The van der Waals surface area contributed by atoms with Crippen LogP contribution >= 0.6 is 0 Å². The number of rotatable bonds is 6. The first-order valence-corrected chi connectivity index (χ1v) is 8.78. The topological polar surface area (TPSA) is 29.5 Å². The lowest BCUT2D eigenvalue weighted by atomic mass is 9.67. The van der Waals surface area contributed by atoms with E-state index in [0.717, 1.165) is 18.2 Å². The highest BCUT2D eigenvalue weighted by atomic mass is 19.4. The Balaban J connectivity index is 2.62. The van der Waals surface area contributed by atoms with E-state index in [9.17, 15) is 53.4 Å². The van der Waals surface area contributed by atoms with Crippen LogP contribution < -0.4 is 4.74 Å². The highest BCUT2D eigenvalue weighted by molar-refractivity contribution is 5.34. The van der Waals surface area contributed by atoms with Crippen molar-refractivity contribution < 1.29 is 58.1 Å². The molecule has 0 bridgehead atoms. The predicted molar refractivity (Wildman–Crippen MR) is 85.0 cm³/mol. The number of halogens is 11. The molecule has 1 aromatic carbocycles. The second kappa shape index (κ2) is 7.11.